The topological polar surface area (TPSA) is 12.5 Å². The summed E-state index contributed by atoms with van der Waals surface area (Å²) < 4.78 is 5.42. The lowest BCUT2D eigenvalue weighted by Crippen LogP contribution is -2.39. The Balaban J connectivity index is 0.000000789. The highest BCUT2D eigenvalue weighted by Crippen LogP contribution is 2.31. The fourth-order valence-corrected chi connectivity index (χ4v) is 2.66. The fraction of sp³-hybridized carbons (Fsp3) is 0.667. The first-order valence-corrected chi connectivity index (χ1v) is 9.02. The number of hydrogen-bond donors (Lipinski definition) is 0. The second-order valence-corrected chi connectivity index (χ2v) is 6.00. The lowest BCUT2D eigenvalue weighted by atomic mass is 10.1. The molecule has 1 heterocycles. The van der Waals surface area contributed by atoms with Gasteiger partial charge in [-0.1, -0.05) is 57.3 Å². The van der Waals surface area contributed by atoms with Crippen LogP contribution in [-0.4, -0.2) is 26.3 Å². The zero-order valence-electron chi connectivity index (χ0n) is 14.9. The molecule has 1 aromatic rings. The van der Waals surface area contributed by atoms with Gasteiger partial charge in [0.15, 0.2) is 0 Å². The SMILES string of the molecule is CC.CCC.COC1CCCN(c2cc(Cl)c(C)c(Cl)c2)C1. The quantitative estimate of drug-likeness (QED) is 0.616. The van der Waals surface area contributed by atoms with Gasteiger partial charge in [0.1, 0.15) is 0 Å². The number of piperidine rings is 1. The predicted molar refractivity (Wildman–Crippen MR) is 101 cm³/mol. The molecule has 1 aliphatic heterocycles. The third-order valence-corrected chi connectivity index (χ3v) is 4.13. The van der Waals surface area contributed by atoms with Gasteiger partial charge in [0, 0.05) is 35.9 Å². The summed E-state index contributed by atoms with van der Waals surface area (Å²) in [6, 6.07) is 3.97. The smallest absolute Gasteiger partial charge is 0.0746 e. The van der Waals surface area contributed by atoms with E-state index in [4.69, 9.17) is 27.9 Å². The number of rotatable bonds is 2. The van der Waals surface area contributed by atoms with Gasteiger partial charge in [0.05, 0.1) is 6.10 Å². The third-order valence-electron chi connectivity index (χ3n) is 3.34. The van der Waals surface area contributed by atoms with E-state index in [0.29, 0.717) is 6.10 Å². The highest BCUT2D eigenvalue weighted by Gasteiger charge is 2.20. The van der Waals surface area contributed by atoms with Gasteiger partial charge in [0.2, 0.25) is 0 Å². The van der Waals surface area contributed by atoms with E-state index >= 15 is 0 Å². The number of benzene rings is 1. The molecular weight excluding hydrogens is 317 g/mol. The van der Waals surface area contributed by atoms with Crippen LogP contribution in [0.3, 0.4) is 0 Å². The molecule has 0 N–H and O–H groups in total. The van der Waals surface area contributed by atoms with Crippen LogP contribution in [0.2, 0.25) is 10.0 Å². The Labute approximate surface area is 146 Å². The standard InChI is InChI=1S/C13H17Cl2NO.C3H8.C2H6/c1-9-12(14)6-10(7-13(9)15)16-5-3-4-11(8-16)17-2;1-3-2;1-2/h6-7,11H,3-5,8H2,1-2H3;3H2,1-2H3;1-2H3. The van der Waals surface area contributed by atoms with E-state index < -0.39 is 0 Å². The van der Waals surface area contributed by atoms with Gasteiger partial charge in [-0.25, -0.2) is 0 Å². The van der Waals surface area contributed by atoms with Gasteiger partial charge in [-0.05, 0) is 37.5 Å². The summed E-state index contributed by atoms with van der Waals surface area (Å²) in [5.41, 5.74) is 2.03. The van der Waals surface area contributed by atoms with Gasteiger partial charge in [-0.3, -0.25) is 0 Å². The maximum Gasteiger partial charge on any atom is 0.0746 e. The molecule has 1 saturated heterocycles. The van der Waals surface area contributed by atoms with Crippen molar-refractivity contribution in [2.45, 2.75) is 60.0 Å². The zero-order chi connectivity index (χ0) is 17.1. The van der Waals surface area contributed by atoms with Crippen LogP contribution in [0.1, 0.15) is 52.5 Å². The van der Waals surface area contributed by atoms with E-state index in [2.05, 4.69) is 18.7 Å². The van der Waals surface area contributed by atoms with Crippen molar-refractivity contribution < 1.29 is 4.74 Å². The van der Waals surface area contributed by atoms with E-state index in [9.17, 15) is 0 Å². The Morgan fingerprint density at radius 3 is 2.14 bits per heavy atom. The largest absolute Gasteiger partial charge is 0.380 e. The molecule has 0 spiro atoms. The van der Waals surface area contributed by atoms with Crippen LogP contribution in [0.4, 0.5) is 5.69 Å². The molecule has 1 aromatic carbocycles. The number of halogens is 2. The highest BCUT2D eigenvalue weighted by atomic mass is 35.5. The minimum Gasteiger partial charge on any atom is -0.380 e. The van der Waals surface area contributed by atoms with E-state index in [1.54, 1.807) is 7.11 Å². The average molecular weight is 348 g/mol. The maximum absolute atomic E-state index is 6.17. The minimum absolute atomic E-state index is 0.308. The molecule has 4 heteroatoms. The van der Waals surface area contributed by atoms with Crippen LogP contribution < -0.4 is 4.90 Å². The Hall–Kier alpha value is -0.440. The van der Waals surface area contributed by atoms with Gasteiger partial charge >= 0.3 is 0 Å². The molecule has 1 unspecified atom stereocenters. The summed E-state index contributed by atoms with van der Waals surface area (Å²) in [5, 5.41) is 1.46. The summed E-state index contributed by atoms with van der Waals surface area (Å²) in [4.78, 5) is 2.29. The van der Waals surface area contributed by atoms with Crippen LogP contribution in [0.15, 0.2) is 12.1 Å². The number of nitrogens with zero attached hydrogens (tertiary/aromatic N) is 1. The van der Waals surface area contributed by atoms with Gasteiger partial charge in [-0.15, -0.1) is 0 Å². The van der Waals surface area contributed by atoms with Crippen LogP contribution in [-0.2, 0) is 4.74 Å². The fourth-order valence-electron chi connectivity index (χ4n) is 2.18. The Morgan fingerprint density at radius 1 is 1.18 bits per heavy atom. The van der Waals surface area contributed by atoms with Crippen molar-refractivity contribution in [3.63, 3.8) is 0 Å². The molecule has 22 heavy (non-hydrogen) atoms. The molecular formula is C18H31Cl2NO. The van der Waals surface area contributed by atoms with E-state index in [1.807, 2.05) is 32.9 Å². The van der Waals surface area contributed by atoms with Crippen molar-refractivity contribution in [2.24, 2.45) is 0 Å². The lowest BCUT2D eigenvalue weighted by molar-refractivity contribution is 0.0893. The van der Waals surface area contributed by atoms with Crippen molar-refractivity contribution in [3.8, 4) is 0 Å². The molecule has 0 aromatic heterocycles. The minimum atomic E-state index is 0.308. The molecule has 0 saturated carbocycles. The average Bonchev–Trinajstić information content (AvgIpc) is 2.55. The normalized spacial score (nSPS) is 17.1. The van der Waals surface area contributed by atoms with Gasteiger partial charge in [-0.2, -0.15) is 0 Å². The monoisotopic (exact) mass is 347 g/mol. The van der Waals surface area contributed by atoms with Crippen molar-refractivity contribution in [2.75, 3.05) is 25.1 Å². The molecule has 0 aliphatic carbocycles. The number of ether oxygens (including phenoxy) is 1. The Morgan fingerprint density at radius 2 is 1.68 bits per heavy atom. The molecule has 0 amide bonds. The van der Waals surface area contributed by atoms with Gasteiger partial charge < -0.3 is 9.64 Å². The molecule has 128 valence electrons. The molecule has 2 rings (SSSR count). The second-order valence-electron chi connectivity index (χ2n) is 5.19. The molecule has 1 fully saturated rings. The molecule has 2 nitrogen and oxygen atoms in total. The first kappa shape index (κ1) is 21.6. The van der Waals surface area contributed by atoms with Gasteiger partial charge in [0.25, 0.3) is 0 Å². The molecule has 0 radical (unpaired) electrons. The third kappa shape index (κ3) is 6.76. The van der Waals surface area contributed by atoms with Crippen molar-refractivity contribution in [1.82, 2.24) is 0 Å². The highest BCUT2D eigenvalue weighted by molar-refractivity contribution is 6.36. The van der Waals surface area contributed by atoms with E-state index in [0.717, 1.165) is 47.2 Å². The number of hydrogen-bond acceptors (Lipinski definition) is 2. The van der Waals surface area contributed by atoms with Crippen molar-refractivity contribution in [3.05, 3.63) is 27.7 Å². The number of anilines is 1. The van der Waals surface area contributed by atoms with Crippen molar-refractivity contribution >= 4 is 28.9 Å². The van der Waals surface area contributed by atoms with Crippen LogP contribution in [0.5, 0.6) is 0 Å². The number of methoxy groups -OCH3 is 1. The van der Waals surface area contributed by atoms with E-state index in [-0.39, 0.29) is 0 Å². The van der Waals surface area contributed by atoms with Crippen LogP contribution >= 0.6 is 23.2 Å². The first-order valence-electron chi connectivity index (χ1n) is 8.26. The maximum atomic E-state index is 6.17. The summed E-state index contributed by atoms with van der Waals surface area (Å²) in [7, 11) is 1.77. The van der Waals surface area contributed by atoms with Crippen molar-refractivity contribution in [1.29, 1.82) is 0 Å². The second kappa shape index (κ2) is 12.0. The summed E-state index contributed by atoms with van der Waals surface area (Å²) in [6.45, 7) is 12.1. The summed E-state index contributed by atoms with van der Waals surface area (Å²) in [5.74, 6) is 0. The Bertz CT molecular complexity index is 401. The summed E-state index contributed by atoms with van der Waals surface area (Å²) >= 11 is 12.3. The zero-order valence-corrected chi connectivity index (χ0v) is 16.4. The van der Waals surface area contributed by atoms with Crippen LogP contribution in [0, 0.1) is 6.92 Å². The first-order chi connectivity index (χ1) is 10.5. The molecule has 0 bridgehead atoms. The molecule has 1 aliphatic rings. The lowest BCUT2D eigenvalue weighted by Gasteiger charge is -2.34. The van der Waals surface area contributed by atoms with E-state index in [1.165, 1.54) is 6.42 Å². The summed E-state index contributed by atoms with van der Waals surface area (Å²) in [6.07, 6.45) is 3.82. The Kier molecular flexibility index (Phi) is 11.8. The molecule has 1 atom stereocenters. The van der Waals surface area contributed by atoms with Crippen LogP contribution in [0.25, 0.3) is 0 Å². The predicted octanol–water partition coefficient (Wildman–Crippen LogP) is 6.36.